The van der Waals surface area contributed by atoms with Crippen LogP contribution < -0.4 is 5.32 Å². The van der Waals surface area contributed by atoms with E-state index < -0.39 is 0 Å². The van der Waals surface area contributed by atoms with Crippen LogP contribution in [0.1, 0.15) is 79.6 Å². The topological polar surface area (TPSA) is 21.3 Å². The molecular weight excluding hydrogens is 246 g/mol. The van der Waals surface area contributed by atoms with Crippen LogP contribution >= 0.6 is 0 Å². The van der Waals surface area contributed by atoms with Gasteiger partial charge in [-0.1, -0.05) is 34.6 Å². The second-order valence-corrected chi connectivity index (χ2v) is 7.97. The van der Waals surface area contributed by atoms with Gasteiger partial charge in [0.1, 0.15) is 0 Å². The normalized spacial score (nSPS) is 22.9. The van der Waals surface area contributed by atoms with E-state index in [1.807, 2.05) is 0 Å². The summed E-state index contributed by atoms with van der Waals surface area (Å²) in [5.41, 5.74) is 0.448. The minimum absolute atomic E-state index is 0.448. The van der Waals surface area contributed by atoms with Gasteiger partial charge in [0.05, 0.1) is 6.10 Å². The molecule has 1 N–H and O–H groups in total. The SMILES string of the molecule is CCCNC(CCC1CCCO1)CC(C)CC(C)(C)C. The van der Waals surface area contributed by atoms with Crippen molar-refractivity contribution in [1.29, 1.82) is 0 Å². The molecule has 1 saturated heterocycles. The van der Waals surface area contributed by atoms with Crippen molar-refractivity contribution in [2.45, 2.75) is 91.7 Å². The van der Waals surface area contributed by atoms with Crippen LogP contribution in [0, 0.1) is 11.3 Å². The largest absolute Gasteiger partial charge is 0.378 e. The van der Waals surface area contributed by atoms with Gasteiger partial charge in [0.15, 0.2) is 0 Å². The van der Waals surface area contributed by atoms with Crippen molar-refractivity contribution >= 4 is 0 Å². The molecule has 2 nitrogen and oxygen atoms in total. The molecule has 1 fully saturated rings. The number of hydrogen-bond acceptors (Lipinski definition) is 2. The van der Waals surface area contributed by atoms with E-state index in [0.29, 0.717) is 17.6 Å². The zero-order valence-electron chi connectivity index (χ0n) is 14.5. The fourth-order valence-corrected chi connectivity index (χ4v) is 3.53. The lowest BCUT2D eigenvalue weighted by atomic mass is 9.82. The van der Waals surface area contributed by atoms with Gasteiger partial charge in [0.2, 0.25) is 0 Å². The van der Waals surface area contributed by atoms with Crippen LogP contribution in [0.15, 0.2) is 0 Å². The summed E-state index contributed by atoms with van der Waals surface area (Å²) in [5.74, 6) is 0.800. The fourth-order valence-electron chi connectivity index (χ4n) is 3.53. The molecule has 0 radical (unpaired) electrons. The van der Waals surface area contributed by atoms with Gasteiger partial charge in [-0.15, -0.1) is 0 Å². The molecule has 2 heteroatoms. The molecule has 0 saturated carbocycles. The van der Waals surface area contributed by atoms with E-state index in [4.69, 9.17) is 4.74 Å². The summed E-state index contributed by atoms with van der Waals surface area (Å²) in [5, 5.41) is 3.75. The average molecular weight is 283 g/mol. The van der Waals surface area contributed by atoms with Crippen LogP contribution in [0.2, 0.25) is 0 Å². The van der Waals surface area contributed by atoms with Crippen molar-refractivity contribution in [2.24, 2.45) is 11.3 Å². The van der Waals surface area contributed by atoms with Crippen LogP contribution in [0.4, 0.5) is 0 Å². The molecule has 0 aliphatic carbocycles. The summed E-state index contributed by atoms with van der Waals surface area (Å²) in [6.45, 7) is 13.9. The Morgan fingerprint density at radius 3 is 2.60 bits per heavy atom. The van der Waals surface area contributed by atoms with Gasteiger partial charge < -0.3 is 10.1 Å². The summed E-state index contributed by atoms with van der Waals surface area (Å²) in [6, 6.07) is 0.677. The van der Waals surface area contributed by atoms with E-state index in [9.17, 15) is 0 Å². The first-order valence-corrected chi connectivity index (χ1v) is 8.75. The molecule has 20 heavy (non-hydrogen) atoms. The molecule has 1 aliphatic rings. The van der Waals surface area contributed by atoms with Crippen LogP contribution in [0.5, 0.6) is 0 Å². The van der Waals surface area contributed by atoms with Gasteiger partial charge in [0.25, 0.3) is 0 Å². The zero-order chi connectivity index (χ0) is 15.0. The predicted molar refractivity (Wildman–Crippen MR) is 88.1 cm³/mol. The highest BCUT2D eigenvalue weighted by molar-refractivity contribution is 4.76. The van der Waals surface area contributed by atoms with Crippen molar-refractivity contribution < 1.29 is 4.74 Å². The lowest BCUT2D eigenvalue weighted by Gasteiger charge is -2.28. The Kier molecular flexibility index (Phi) is 8.13. The van der Waals surface area contributed by atoms with Crippen LogP contribution in [0.3, 0.4) is 0 Å². The minimum Gasteiger partial charge on any atom is -0.378 e. The maximum atomic E-state index is 5.77. The van der Waals surface area contributed by atoms with Crippen molar-refractivity contribution in [2.75, 3.05) is 13.2 Å². The molecule has 0 spiro atoms. The van der Waals surface area contributed by atoms with Crippen LogP contribution in [-0.4, -0.2) is 25.3 Å². The standard InChI is InChI=1S/C18H37NO/c1-6-11-19-16(9-10-17-8-7-12-20-17)13-15(2)14-18(3,4)5/h15-17,19H,6-14H2,1-5H3. The molecule has 1 aliphatic heterocycles. The highest BCUT2D eigenvalue weighted by Gasteiger charge is 2.21. The summed E-state index contributed by atoms with van der Waals surface area (Å²) < 4.78 is 5.77. The fraction of sp³-hybridized carbons (Fsp3) is 1.00. The molecule has 0 aromatic rings. The maximum absolute atomic E-state index is 5.77. The zero-order valence-corrected chi connectivity index (χ0v) is 14.5. The van der Waals surface area contributed by atoms with Gasteiger partial charge in [-0.2, -0.15) is 0 Å². The smallest absolute Gasteiger partial charge is 0.0576 e. The maximum Gasteiger partial charge on any atom is 0.0576 e. The van der Waals surface area contributed by atoms with E-state index in [-0.39, 0.29) is 0 Å². The number of rotatable bonds is 9. The minimum atomic E-state index is 0.448. The van der Waals surface area contributed by atoms with Crippen molar-refractivity contribution in [3.63, 3.8) is 0 Å². The van der Waals surface area contributed by atoms with Crippen molar-refractivity contribution in [1.82, 2.24) is 5.32 Å². The quantitative estimate of drug-likeness (QED) is 0.658. The van der Waals surface area contributed by atoms with Crippen LogP contribution in [-0.2, 0) is 4.74 Å². The Balaban J connectivity index is 2.33. The highest BCUT2D eigenvalue weighted by Crippen LogP contribution is 2.28. The second-order valence-electron chi connectivity index (χ2n) is 7.97. The van der Waals surface area contributed by atoms with Crippen LogP contribution in [0.25, 0.3) is 0 Å². The second kappa shape index (κ2) is 9.04. The van der Waals surface area contributed by atoms with E-state index >= 15 is 0 Å². The number of hydrogen-bond donors (Lipinski definition) is 1. The number of ether oxygens (including phenoxy) is 1. The third-order valence-corrected chi connectivity index (χ3v) is 4.19. The van der Waals surface area contributed by atoms with E-state index in [2.05, 4.69) is 39.9 Å². The van der Waals surface area contributed by atoms with Crippen molar-refractivity contribution in [3.8, 4) is 0 Å². The summed E-state index contributed by atoms with van der Waals surface area (Å²) in [7, 11) is 0. The molecular formula is C18H37NO. The Labute approximate surface area is 127 Å². The highest BCUT2D eigenvalue weighted by atomic mass is 16.5. The third kappa shape index (κ3) is 8.26. The predicted octanol–water partition coefficient (Wildman–Crippen LogP) is 4.78. The summed E-state index contributed by atoms with van der Waals surface area (Å²) >= 11 is 0. The first kappa shape index (κ1) is 18.0. The van der Waals surface area contributed by atoms with Gasteiger partial charge in [-0.3, -0.25) is 0 Å². The molecule has 0 amide bonds. The average Bonchev–Trinajstić information content (AvgIpc) is 2.83. The van der Waals surface area contributed by atoms with Crippen molar-refractivity contribution in [3.05, 3.63) is 0 Å². The molecule has 3 atom stereocenters. The molecule has 0 bridgehead atoms. The van der Waals surface area contributed by atoms with E-state index in [1.54, 1.807) is 0 Å². The molecule has 3 unspecified atom stereocenters. The Hall–Kier alpha value is -0.0800. The monoisotopic (exact) mass is 283 g/mol. The van der Waals surface area contributed by atoms with E-state index in [1.165, 1.54) is 44.9 Å². The molecule has 1 heterocycles. The third-order valence-electron chi connectivity index (χ3n) is 4.19. The molecule has 120 valence electrons. The molecule has 0 aromatic carbocycles. The van der Waals surface area contributed by atoms with Gasteiger partial charge >= 0.3 is 0 Å². The first-order valence-electron chi connectivity index (χ1n) is 8.75. The Bertz CT molecular complexity index is 240. The lowest BCUT2D eigenvalue weighted by Crippen LogP contribution is -2.33. The van der Waals surface area contributed by atoms with Gasteiger partial charge in [-0.25, -0.2) is 0 Å². The van der Waals surface area contributed by atoms with Gasteiger partial charge in [0, 0.05) is 12.6 Å². The summed E-state index contributed by atoms with van der Waals surface area (Å²) in [6.07, 6.45) is 9.45. The lowest BCUT2D eigenvalue weighted by molar-refractivity contribution is 0.0982. The summed E-state index contributed by atoms with van der Waals surface area (Å²) in [4.78, 5) is 0. The Morgan fingerprint density at radius 1 is 1.30 bits per heavy atom. The number of nitrogens with one attached hydrogen (secondary N) is 1. The van der Waals surface area contributed by atoms with E-state index in [0.717, 1.165) is 19.1 Å². The molecule has 0 aromatic heterocycles. The Morgan fingerprint density at radius 2 is 2.05 bits per heavy atom. The first-order chi connectivity index (χ1) is 9.40. The molecule has 1 rings (SSSR count). The van der Waals surface area contributed by atoms with Gasteiger partial charge in [-0.05, 0) is 62.8 Å².